The maximum Gasteiger partial charge on any atom is 0.216 e. The third-order valence-electron chi connectivity index (χ3n) is 2.31. The highest BCUT2D eigenvalue weighted by molar-refractivity contribution is 5.72. The summed E-state index contributed by atoms with van der Waals surface area (Å²) in [4.78, 5) is 20.5. The van der Waals surface area contributed by atoms with Crippen molar-refractivity contribution in [1.82, 2.24) is 10.6 Å². The molecule has 0 rings (SSSR count). The molecule has 0 saturated carbocycles. The summed E-state index contributed by atoms with van der Waals surface area (Å²) in [5.41, 5.74) is 0. The molecule has 93 valence electrons. The Labute approximate surface area is 98.2 Å². The summed E-state index contributed by atoms with van der Waals surface area (Å²) < 4.78 is 0. The van der Waals surface area contributed by atoms with Crippen LogP contribution >= 0.6 is 0 Å². The first kappa shape index (κ1) is 15.1. The Balaban J connectivity index is 2.93. The van der Waals surface area contributed by atoms with Crippen LogP contribution in [-0.2, 0) is 9.59 Å². The summed E-state index contributed by atoms with van der Waals surface area (Å²) in [6, 6.07) is 0. The molecule has 2 N–H and O–H groups in total. The number of nitrogens with one attached hydrogen (secondary N) is 2. The molecule has 4 heteroatoms. The first-order valence-corrected chi connectivity index (χ1v) is 6.02. The summed E-state index contributed by atoms with van der Waals surface area (Å²) in [7, 11) is 0. The Morgan fingerprint density at radius 2 is 1.56 bits per heavy atom. The molecular formula is C12H23N2O2. The number of rotatable bonds is 11. The quantitative estimate of drug-likeness (QED) is 0.414. The fraction of sp³-hybridized carbons (Fsp3) is 0.750. The van der Waals surface area contributed by atoms with Crippen LogP contribution in [0.1, 0.15) is 45.4 Å². The predicted octanol–water partition coefficient (Wildman–Crippen LogP) is 1.41. The van der Waals surface area contributed by atoms with Crippen LogP contribution in [0.3, 0.4) is 0 Å². The van der Waals surface area contributed by atoms with E-state index in [1.54, 1.807) is 6.92 Å². The summed E-state index contributed by atoms with van der Waals surface area (Å²) in [6.07, 6.45) is 7.75. The van der Waals surface area contributed by atoms with E-state index in [1.807, 2.05) is 0 Å². The zero-order valence-corrected chi connectivity index (χ0v) is 10.1. The number of carbonyl (C=O) groups is 2. The van der Waals surface area contributed by atoms with Gasteiger partial charge >= 0.3 is 0 Å². The molecule has 0 heterocycles. The van der Waals surface area contributed by atoms with Crippen molar-refractivity contribution < 1.29 is 9.59 Å². The molecule has 0 aromatic rings. The van der Waals surface area contributed by atoms with Gasteiger partial charge in [0, 0.05) is 13.5 Å². The monoisotopic (exact) mass is 227 g/mol. The second-order valence-corrected chi connectivity index (χ2v) is 3.86. The van der Waals surface area contributed by atoms with Crippen molar-refractivity contribution in [2.75, 3.05) is 13.1 Å². The van der Waals surface area contributed by atoms with Gasteiger partial charge in [-0.3, -0.25) is 4.79 Å². The van der Waals surface area contributed by atoms with Crippen LogP contribution in [0.5, 0.6) is 0 Å². The van der Waals surface area contributed by atoms with Crippen LogP contribution in [-0.4, -0.2) is 25.3 Å². The smallest absolute Gasteiger partial charge is 0.216 e. The minimum atomic E-state index is 0.0532. The van der Waals surface area contributed by atoms with Crippen LogP contribution in [0.4, 0.5) is 0 Å². The molecule has 16 heavy (non-hydrogen) atoms. The normalized spacial score (nSPS) is 10.1. The van der Waals surface area contributed by atoms with Crippen LogP contribution in [0.15, 0.2) is 0 Å². The summed E-state index contributed by atoms with van der Waals surface area (Å²) >= 11 is 0. The van der Waals surface area contributed by atoms with Crippen molar-refractivity contribution in [2.45, 2.75) is 45.4 Å². The van der Waals surface area contributed by atoms with Crippen molar-refractivity contribution in [3.63, 3.8) is 0 Å². The van der Waals surface area contributed by atoms with E-state index >= 15 is 0 Å². The number of amides is 1. The van der Waals surface area contributed by atoms with E-state index in [2.05, 4.69) is 10.6 Å². The second-order valence-electron chi connectivity index (χ2n) is 3.86. The molecule has 0 aromatic heterocycles. The van der Waals surface area contributed by atoms with Crippen LogP contribution in [0.2, 0.25) is 0 Å². The average molecular weight is 227 g/mol. The molecule has 4 nitrogen and oxygen atoms in total. The van der Waals surface area contributed by atoms with Gasteiger partial charge in [-0.15, -0.1) is 0 Å². The Morgan fingerprint density at radius 3 is 2.12 bits per heavy atom. The summed E-state index contributed by atoms with van der Waals surface area (Å²) in [5.74, 6) is 0.0532. The molecule has 0 aromatic carbocycles. The first-order chi connectivity index (χ1) is 7.77. The molecule has 0 spiro atoms. The van der Waals surface area contributed by atoms with Gasteiger partial charge in [0.15, 0.2) is 0 Å². The molecule has 0 aliphatic rings. The highest BCUT2D eigenvalue weighted by atomic mass is 16.1. The van der Waals surface area contributed by atoms with Gasteiger partial charge in [-0.25, -0.2) is 0 Å². The molecular weight excluding hydrogens is 204 g/mol. The highest BCUT2D eigenvalue weighted by Crippen LogP contribution is 2.04. The highest BCUT2D eigenvalue weighted by Gasteiger charge is 1.93. The molecule has 0 aliphatic heterocycles. The topological polar surface area (TPSA) is 58.2 Å². The summed E-state index contributed by atoms with van der Waals surface area (Å²) in [5, 5.41) is 5.70. The van der Waals surface area contributed by atoms with Crippen molar-refractivity contribution in [3.8, 4) is 0 Å². The maximum absolute atomic E-state index is 10.6. The molecule has 0 unspecified atom stereocenters. The number of hydrogen-bond donors (Lipinski definition) is 2. The van der Waals surface area contributed by atoms with Crippen molar-refractivity contribution >= 4 is 12.2 Å². The molecule has 0 saturated heterocycles. The minimum Gasteiger partial charge on any atom is -0.356 e. The van der Waals surface area contributed by atoms with Crippen molar-refractivity contribution in [2.24, 2.45) is 0 Å². The van der Waals surface area contributed by atoms with Gasteiger partial charge in [0.25, 0.3) is 0 Å². The van der Waals surface area contributed by atoms with E-state index < -0.39 is 0 Å². The first-order valence-electron chi connectivity index (χ1n) is 6.02. The fourth-order valence-corrected chi connectivity index (χ4v) is 1.46. The van der Waals surface area contributed by atoms with E-state index in [1.165, 1.54) is 32.2 Å². The molecule has 0 fully saturated rings. The lowest BCUT2D eigenvalue weighted by Crippen LogP contribution is -2.20. The van der Waals surface area contributed by atoms with Gasteiger partial charge in [-0.2, -0.15) is 0 Å². The Kier molecular flexibility index (Phi) is 11.5. The van der Waals surface area contributed by atoms with E-state index in [4.69, 9.17) is 0 Å². The third kappa shape index (κ3) is 13.1. The SMILES string of the molecule is CC(=O)NCCCCCCCCN[CH]C=O. The zero-order valence-electron chi connectivity index (χ0n) is 10.1. The fourth-order valence-electron chi connectivity index (χ4n) is 1.46. The van der Waals surface area contributed by atoms with Crippen LogP contribution < -0.4 is 10.6 Å². The number of aldehydes is 1. The molecule has 0 bridgehead atoms. The standard InChI is InChI=1S/C12H23N2O2/c1-12(16)14-9-7-5-3-2-4-6-8-13-10-11-15/h10-11,13H,2-9H2,1H3,(H,14,16). The average Bonchev–Trinajstić information content (AvgIpc) is 2.25. The molecule has 1 radical (unpaired) electrons. The van der Waals surface area contributed by atoms with E-state index in [9.17, 15) is 9.59 Å². The van der Waals surface area contributed by atoms with E-state index in [0.717, 1.165) is 32.2 Å². The van der Waals surface area contributed by atoms with Crippen molar-refractivity contribution in [3.05, 3.63) is 6.54 Å². The van der Waals surface area contributed by atoms with Gasteiger partial charge in [0.05, 0.1) is 6.54 Å². The Morgan fingerprint density at radius 1 is 1.00 bits per heavy atom. The van der Waals surface area contributed by atoms with Gasteiger partial charge in [0.1, 0.15) is 6.29 Å². The summed E-state index contributed by atoms with van der Waals surface area (Å²) in [6.45, 7) is 4.66. The Hall–Kier alpha value is -0.900. The number of unbranched alkanes of at least 4 members (excludes halogenated alkanes) is 5. The van der Waals surface area contributed by atoms with Gasteiger partial charge in [-0.05, 0) is 19.4 Å². The third-order valence-corrected chi connectivity index (χ3v) is 2.31. The van der Waals surface area contributed by atoms with Gasteiger partial charge in [-0.1, -0.05) is 25.7 Å². The molecule has 1 amide bonds. The van der Waals surface area contributed by atoms with Crippen molar-refractivity contribution in [1.29, 1.82) is 0 Å². The van der Waals surface area contributed by atoms with E-state index in [-0.39, 0.29) is 5.91 Å². The largest absolute Gasteiger partial charge is 0.356 e. The van der Waals surface area contributed by atoms with Gasteiger partial charge < -0.3 is 15.4 Å². The predicted molar refractivity (Wildman–Crippen MR) is 64.8 cm³/mol. The van der Waals surface area contributed by atoms with Crippen LogP contribution in [0, 0.1) is 6.54 Å². The van der Waals surface area contributed by atoms with E-state index in [0.29, 0.717) is 0 Å². The number of hydrogen-bond acceptors (Lipinski definition) is 3. The second kappa shape index (κ2) is 12.2. The Bertz CT molecular complexity index is 184. The van der Waals surface area contributed by atoms with Crippen LogP contribution in [0.25, 0.3) is 0 Å². The lowest BCUT2D eigenvalue weighted by molar-refractivity contribution is -0.119. The van der Waals surface area contributed by atoms with Gasteiger partial charge in [0.2, 0.25) is 5.91 Å². The maximum atomic E-state index is 10.6. The molecule has 0 atom stereocenters. The zero-order chi connectivity index (χ0) is 12.1. The lowest BCUT2D eigenvalue weighted by atomic mass is 10.1. The number of carbonyl (C=O) groups excluding carboxylic acids is 2. The lowest BCUT2D eigenvalue weighted by Gasteiger charge is -2.03. The minimum absolute atomic E-state index is 0.0532. The molecule has 0 aliphatic carbocycles.